The van der Waals surface area contributed by atoms with E-state index >= 15 is 0 Å². The zero-order valence-corrected chi connectivity index (χ0v) is 18.6. The quantitative estimate of drug-likeness (QED) is 0.552. The molecule has 0 nitrogen and oxygen atoms in total. The minimum absolute atomic E-state index is 0. The van der Waals surface area contributed by atoms with E-state index in [2.05, 4.69) is 52.9 Å². The van der Waals surface area contributed by atoms with Crippen LogP contribution in [0.2, 0.25) is 13.1 Å². The van der Waals surface area contributed by atoms with Gasteiger partial charge in [-0.25, -0.2) is 0 Å². The predicted molar refractivity (Wildman–Crippen MR) is 86.6 cm³/mol. The third-order valence-corrected chi connectivity index (χ3v) is 12.8. The van der Waals surface area contributed by atoms with Crippen LogP contribution in [0.1, 0.15) is 40.5 Å². The molecule has 0 aromatic carbocycles. The van der Waals surface area contributed by atoms with E-state index in [0.29, 0.717) is 0 Å². The van der Waals surface area contributed by atoms with E-state index in [0.717, 1.165) is 11.8 Å². The second-order valence-electron chi connectivity index (χ2n) is 7.00. The Labute approximate surface area is 158 Å². The largest absolute Gasteiger partial charge is 1.00 e. The van der Waals surface area contributed by atoms with Crippen molar-refractivity contribution < 1.29 is 44.0 Å². The third kappa shape index (κ3) is 2.82. The van der Waals surface area contributed by atoms with Gasteiger partial charge in [-0.15, -0.1) is 0 Å². The summed E-state index contributed by atoms with van der Waals surface area (Å²) in [6.07, 6.45) is 7.64. The van der Waals surface area contributed by atoms with Gasteiger partial charge in [0.1, 0.15) is 0 Å². The van der Waals surface area contributed by atoms with Crippen molar-refractivity contribution in [3.8, 4) is 0 Å². The molecule has 2 unspecified atom stereocenters. The molecule has 0 saturated carbocycles. The van der Waals surface area contributed by atoms with Crippen LogP contribution in [-0.2, 0) is 19.2 Å². The Hall–Kier alpha value is 0.471. The standard InChI is InChI=1S/C18H26Si.2ClH.Ti/c1-7-15-9-13(3)11-17(15)19(5,6)18-12-14(4)10-16(18)8-2;;;/h9-10,13-14H,7-8H2,1-6H3;2*1H;/q;;;+2/p-2. The summed E-state index contributed by atoms with van der Waals surface area (Å²) in [5.41, 5.74) is 3.41. The van der Waals surface area contributed by atoms with Gasteiger partial charge in [0, 0.05) is 0 Å². The number of halogens is 2. The third-order valence-electron chi connectivity index (χ3n) is 5.28. The van der Waals surface area contributed by atoms with Gasteiger partial charge < -0.3 is 24.8 Å². The van der Waals surface area contributed by atoms with Crippen LogP contribution in [0.4, 0.5) is 0 Å². The van der Waals surface area contributed by atoms with Gasteiger partial charge in [-0.1, -0.05) is 0 Å². The summed E-state index contributed by atoms with van der Waals surface area (Å²) in [4.78, 5) is 0. The molecule has 0 amide bonds. The molecule has 0 N–H and O–H groups in total. The van der Waals surface area contributed by atoms with Crippen molar-refractivity contribution in [3.63, 3.8) is 0 Å². The minimum atomic E-state index is -1.45. The summed E-state index contributed by atoms with van der Waals surface area (Å²) in [6.45, 7) is 14.8. The van der Waals surface area contributed by atoms with Gasteiger partial charge in [0.25, 0.3) is 0 Å². The average molecular weight is 389 g/mol. The first-order valence-corrected chi connectivity index (χ1v) is 12.7. The predicted octanol–water partition coefficient (Wildman–Crippen LogP) is -0.642. The smallest absolute Gasteiger partial charge is 1.00 e. The van der Waals surface area contributed by atoms with Crippen LogP contribution in [0.3, 0.4) is 0 Å². The molecular formula is C18H26Cl2SiTi. The molecule has 3 aliphatic rings. The molecule has 120 valence electrons. The zero-order chi connectivity index (χ0) is 14.7. The normalized spacial score (nSPS) is 27.7. The molecule has 22 heavy (non-hydrogen) atoms. The van der Waals surface area contributed by atoms with Gasteiger partial charge in [-0.05, 0) is 0 Å². The Morgan fingerprint density at radius 2 is 1.23 bits per heavy atom. The van der Waals surface area contributed by atoms with E-state index < -0.39 is 8.07 Å². The van der Waals surface area contributed by atoms with Gasteiger partial charge in [0.2, 0.25) is 0 Å². The summed E-state index contributed by atoms with van der Waals surface area (Å²) in [7, 11) is -1.45. The molecule has 4 heteroatoms. The molecule has 0 bridgehead atoms. The van der Waals surface area contributed by atoms with Gasteiger partial charge in [-0.2, -0.15) is 0 Å². The van der Waals surface area contributed by atoms with Gasteiger partial charge in [0.05, 0.1) is 0 Å². The molecule has 0 fully saturated rings. The fourth-order valence-corrected chi connectivity index (χ4v) is 14.4. The van der Waals surface area contributed by atoms with Crippen LogP contribution >= 0.6 is 0 Å². The fraction of sp³-hybridized carbons (Fsp3) is 0.556. The Kier molecular flexibility index (Phi) is 6.67. The van der Waals surface area contributed by atoms with Crippen LogP contribution in [0.15, 0.2) is 41.4 Å². The maximum Gasteiger partial charge on any atom is -1.00 e. The Bertz CT molecular complexity index is 546. The molecule has 0 aromatic rings. The van der Waals surface area contributed by atoms with Crippen molar-refractivity contribution in [1.82, 2.24) is 0 Å². The topological polar surface area (TPSA) is 0 Å². The van der Waals surface area contributed by atoms with E-state index in [-0.39, 0.29) is 44.0 Å². The molecular weight excluding hydrogens is 363 g/mol. The molecule has 1 heterocycles. The van der Waals surface area contributed by atoms with Crippen LogP contribution in [0.25, 0.3) is 0 Å². The summed E-state index contributed by atoms with van der Waals surface area (Å²) >= 11 is -0.0453. The molecule has 3 rings (SSSR count). The summed E-state index contributed by atoms with van der Waals surface area (Å²) in [5, 5.41) is 3.75. The van der Waals surface area contributed by atoms with Crippen LogP contribution in [0.5, 0.6) is 0 Å². The molecule has 0 radical (unpaired) electrons. The molecule has 0 spiro atoms. The van der Waals surface area contributed by atoms with E-state index in [1.807, 2.05) is 18.1 Å². The number of rotatable bonds is 2. The maximum absolute atomic E-state index is 2.62. The summed E-state index contributed by atoms with van der Waals surface area (Å²) in [5.74, 6) is 1.47. The van der Waals surface area contributed by atoms with Gasteiger partial charge >= 0.3 is 134 Å². The Morgan fingerprint density at radius 1 is 0.864 bits per heavy atom. The van der Waals surface area contributed by atoms with E-state index in [4.69, 9.17) is 0 Å². The van der Waals surface area contributed by atoms with Crippen molar-refractivity contribution in [2.45, 2.75) is 53.6 Å². The van der Waals surface area contributed by atoms with Gasteiger partial charge in [0.15, 0.2) is 0 Å². The second kappa shape index (κ2) is 7.15. The fourth-order valence-electron chi connectivity index (χ4n) is 4.43. The van der Waals surface area contributed by atoms with Crippen molar-refractivity contribution in [1.29, 1.82) is 0 Å². The molecule has 1 aliphatic heterocycles. The zero-order valence-electron chi connectivity index (χ0n) is 14.5. The van der Waals surface area contributed by atoms with Crippen LogP contribution in [-0.4, -0.2) is 8.07 Å². The first-order valence-electron chi connectivity index (χ1n) is 8.10. The summed E-state index contributed by atoms with van der Waals surface area (Å²) in [6, 6.07) is 0. The Morgan fingerprint density at radius 3 is 1.55 bits per heavy atom. The van der Waals surface area contributed by atoms with Crippen molar-refractivity contribution in [2.24, 2.45) is 11.8 Å². The second-order valence-corrected chi connectivity index (χ2v) is 13.3. The number of hydrogen-bond donors (Lipinski definition) is 0. The van der Waals surface area contributed by atoms with Crippen molar-refractivity contribution >= 4 is 8.07 Å². The summed E-state index contributed by atoms with van der Waals surface area (Å²) < 4.78 is 3.80. The molecule has 2 atom stereocenters. The van der Waals surface area contributed by atoms with Gasteiger partial charge in [-0.3, -0.25) is 0 Å². The van der Waals surface area contributed by atoms with Crippen LogP contribution in [0, 0.1) is 11.8 Å². The minimum Gasteiger partial charge on any atom is -1.00 e. The van der Waals surface area contributed by atoms with E-state index in [9.17, 15) is 0 Å². The van der Waals surface area contributed by atoms with E-state index in [1.54, 1.807) is 11.1 Å². The SMILES string of the molecule is CCC1=CC(C)[C]2=C1[Si](C)(C)C1=[C]([Ti+2]2)C(C)C=C1CC.[Cl-].[Cl-]. The van der Waals surface area contributed by atoms with Crippen molar-refractivity contribution in [2.75, 3.05) is 0 Å². The van der Waals surface area contributed by atoms with Crippen molar-refractivity contribution in [3.05, 3.63) is 41.4 Å². The monoisotopic (exact) mass is 388 g/mol. The first kappa shape index (κ1) is 20.5. The maximum atomic E-state index is 2.62. The molecule has 0 aromatic heterocycles. The average Bonchev–Trinajstić information content (AvgIpc) is 2.90. The first-order chi connectivity index (χ1) is 9.41. The number of hydrogen-bond acceptors (Lipinski definition) is 0. The van der Waals surface area contributed by atoms with E-state index in [1.165, 1.54) is 12.8 Å². The number of allylic oxidation sites excluding steroid dienone is 8. The Balaban J connectivity index is 0.00000121. The van der Waals surface area contributed by atoms with Crippen LogP contribution < -0.4 is 24.8 Å². The molecule has 2 aliphatic carbocycles. The molecule has 0 saturated heterocycles.